The fraction of sp³-hybridized carbons (Fsp3) is 0.308. The maximum absolute atomic E-state index is 4.33. The zero-order valence-electron chi connectivity index (χ0n) is 9.83. The van der Waals surface area contributed by atoms with Crippen molar-refractivity contribution < 1.29 is 0 Å². The molecular formula is C13H16BrN3. The Labute approximate surface area is 110 Å². The third-order valence-corrected chi connectivity index (χ3v) is 3.17. The molecule has 3 nitrogen and oxygen atoms in total. The highest BCUT2D eigenvalue weighted by atomic mass is 79.9. The summed E-state index contributed by atoms with van der Waals surface area (Å²) < 4.78 is 1.09. The molecule has 0 aliphatic carbocycles. The molecule has 0 aliphatic heterocycles. The van der Waals surface area contributed by atoms with Gasteiger partial charge in [0, 0.05) is 15.7 Å². The number of benzene rings is 1. The van der Waals surface area contributed by atoms with Crippen LogP contribution < -0.4 is 5.32 Å². The minimum atomic E-state index is 1.01. The number of aryl methyl sites for hydroxylation is 1. The molecule has 1 aromatic heterocycles. The monoisotopic (exact) mass is 293 g/mol. The molecule has 0 fully saturated rings. The van der Waals surface area contributed by atoms with Crippen molar-refractivity contribution in [1.82, 2.24) is 15.5 Å². The van der Waals surface area contributed by atoms with Crippen molar-refractivity contribution >= 4 is 15.9 Å². The first-order chi connectivity index (χ1) is 8.29. The Kier molecular flexibility index (Phi) is 4.34. The van der Waals surface area contributed by atoms with Gasteiger partial charge in [0.2, 0.25) is 0 Å². The Morgan fingerprint density at radius 2 is 2.06 bits per heavy atom. The molecular weight excluding hydrogens is 278 g/mol. The Morgan fingerprint density at radius 3 is 2.76 bits per heavy atom. The van der Waals surface area contributed by atoms with Gasteiger partial charge < -0.3 is 5.32 Å². The molecule has 0 atom stereocenters. The molecule has 0 unspecified atom stereocenters. The van der Waals surface area contributed by atoms with Crippen LogP contribution in [0.25, 0.3) is 11.3 Å². The second kappa shape index (κ2) is 5.98. The van der Waals surface area contributed by atoms with E-state index in [2.05, 4.69) is 49.6 Å². The highest BCUT2D eigenvalue weighted by Gasteiger charge is 2.03. The second-order valence-corrected chi connectivity index (χ2v) is 4.91. The number of rotatable bonds is 5. The van der Waals surface area contributed by atoms with Crippen LogP contribution in [0, 0.1) is 0 Å². The van der Waals surface area contributed by atoms with Crippen molar-refractivity contribution in [2.24, 2.45) is 0 Å². The smallest absolute Gasteiger partial charge is 0.0923 e. The zero-order valence-corrected chi connectivity index (χ0v) is 11.4. The van der Waals surface area contributed by atoms with Crippen molar-refractivity contribution in [2.75, 3.05) is 13.6 Å². The zero-order chi connectivity index (χ0) is 12.1. The second-order valence-electron chi connectivity index (χ2n) is 3.99. The predicted octanol–water partition coefficient (Wildman–Crippen LogP) is 2.99. The molecule has 1 heterocycles. The van der Waals surface area contributed by atoms with Crippen LogP contribution in [0.4, 0.5) is 0 Å². The van der Waals surface area contributed by atoms with E-state index in [4.69, 9.17) is 0 Å². The molecule has 1 aromatic carbocycles. The minimum Gasteiger partial charge on any atom is -0.320 e. The van der Waals surface area contributed by atoms with Crippen LogP contribution >= 0.6 is 15.9 Å². The van der Waals surface area contributed by atoms with E-state index in [-0.39, 0.29) is 0 Å². The van der Waals surface area contributed by atoms with Crippen LogP contribution in [0.5, 0.6) is 0 Å². The van der Waals surface area contributed by atoms with E-state index in [1.807, 2.05) is 19.2 Å². The highest BCUT2D eigenvalue weighted by molar-refractivity contribution is 9.10. The summed E-state index contributed by atoms with van der Waals surface area (Å²) in [6, 6.07) is 10.3. The first-order valence-corrected chi connectivity index (χ1v) is 6.54. The van der Waals surface area contributed by atoms with Gasteiger partial charge in [-0.15, -0.1) is 0 Å². The van der Waals surface area contributed by atoms with Crippen LogP contribution in [0.1, 0.15) is 12.1 Å². The van der Waals surface area contributed by atoms with Crippen molar-refractivity contribution in [2.45, 2.75) is 12.8 Å². The molecule has 2 rings (SSSR count). The lowest BCUT2D eigenvalue weighted by Crippen LogP contribution is -2.08. The number of aromatic amines is 1. The van der Waals surface area contributed by atoms with E-state index in [1.54, 1.807) is 0 Å². The highest BCUT2D eigenvalue weighted by Crippen LogP contribution is 2.20. The van der Waals surface area contributed by atoms with Crippen molar-refractivity contribution in [3.8, 4) is 11.3 Å². The third-order valence-electron chi connectivity index (χ3n) is 2.64. The number of nitrogens with one attached hydrogen (secondary N) is 2. The SMILES string of the molecule is CNCCCc1cc(-c2ccc(Br)cc2)n[nH]1. The molecule has 90 valence electrons. The maximum Gasteiger partial charge on any atom is 0.0923 e. The van der Waals surface area contributed by atoms with Crippen LogP contribution in [0.3, 0.4) is 0 Å². The summed E-state index contributed by atoms with van der Waals surface area (Å²) in [5, 5.41) is 10.6. The fourth-order valence-corrected chi connectivity index (χ4v) is 1.98. The molecule has 4 heteroatoms. The number of H-pyrrole nitrogens is 1. The number of nitrogens with zero attached hydrogens (tertiary/aromatic N) is 1. The van der Waals surface area contributed by atoms with Crippen LogP contribution in [0.15, 0.2) is 34.8 Å². The molecule has 0 spiro atoms. The van der Waals surface area contributed by atoms with Crippen molar-refractivity contribution in [3.05, 3.63) is 40.5 Å². The lowest BCUT2D eigenvalue weighted by atomic mass is 10.1. The van der Waals surface area contributed by atoms with Gasteiger partial charge in [-0.1, -0.05) is 28.1 Å². The molecule has 0 amide bonds. The summed E-state index contributed by atoms with van der Waals surface area (Å²) in [6.07, 6.45) is 2.16. The summed E-state index contributed by atoms with van der Waals surface area (Å²) in [5.41, 5.74) is 3.35. The van der Waals surface area contributed by atoms with E-state index < -0.39 is 0 Å². The van der Waals surface area contributed by atoms with Gasteiger partial charge in [0.05, 0.1) is 5.69 Å². The van der Waals surface area contributed by atoms with E-state index in [9.17, 15) is 0 Å². The Bertz CT molecular complexity index is 462. The molecule has 0 radical (unpaired) electrons. The molecule has 17 heavy (non-hydrogen) atoms. The summed E-state index contributed by atoms with van der Waals surface area (Å²) >= 11 is 3.43. The van der Waals surface area contributed by atoms with Gasteiger partial charge in [0.1, 0.15) is 0 Å². The lowest BCUT2D eigenvalue weighted by molar-refractivity contribution is 0.713. The Hall–Kier alpha value is -1.13. The van der Waals surface area contributed by atoms with E-state index in [0.717, 1.165) is 35.1 Å². The predicted molar refractivity (Wildman–Crippen MR) is 74.0 cm³/mol. The molecule has 2 N–H and O–H groups in total. The van der Waals surface area contributed by atoms with Gasteiger partial charge in [0.25, 0.3) is 0 Å². The fourth-order valence-electron chi connectivity index (χ4n) is 1.71. The number of halogens is 1. The average molecular weight is 294 g/mol. The first kappa shape index (κ1) is 12.3. The van der Waals surface area contributed by atoms with Gasteiger partial charge >= 0.3 is 0 Å². The molecule has 0 saturated heterocycles. The van der Waals surface area contributed by atoms with Crippen molar-refractivity contribution in [3.63, 3.8) is 0 Å². The van der Waals surface area contributed by atoms with Gasteiger partial charge in [-0.25, -0.2) is 0 Å². The Morgan fingerprint density at radius 1 is 1.29 bits per heavy atom. The number of hydrogen-bond acceptors (Lipinski definition) is 2. The van der Waals surface area contributed by atoms with Crippen molar-refractivity contribution in [1.29, 1.82) is 0 Å². The standard InChI is InChI=1S/C13H16BrN3/c1-15-8-2-3-12-9-13(17-16-12)10-4-6-11(14)7-5-10/h4-7,9,15H,2-3,8H2,1H3,(H,16,17). The third kappa shape index (κ3) is 3.41. The Balaban J connectivity index is 2.04. The van der Waals surface area contributed by atoms with Crippen LogP contribution in [-0.4, -0.2) is 23.8 Å². The maximum atomic E-state index is 4.33. The van der Waals surface area contributed by atoms with Gasteiger partial charge in [-0.3, -0.25) is 5.10 Å². The largest absolute Gasteiger partial charge is 0.320 e. The van der Waals surface area contributed by atoms with Crippen LogP contribution in [-0.2, 0) is 6.42 Å². The summed E-state index contributed by atoms with van der Waals surface area (Å²) in [5.74, 6) is 0. The normalized spacial score (nSPS) is 10.7. The van der Waals surface area contributed by atoms with E-state index in [1.165, 1.54) is 5.69 Å². The topological polar surface area (TPSA) is 40.7 Å². The molecule has 2 aromatic rings. The molecule has 0 saturated carbocycles. The van der Waals surface area contributed by atoms with Gasteiger partial charge in [-0.2, -0.15) is 5.10 Å². The summed E-state index contributed by atoms with van der Waals surface area (Å²) in [7, 11) is 1.97. The van der Waals surface area contributed by atoms with E-state index in [0.29, 0.717) is 0 Å². The first-order valence-electron chi connectivity index (χ1n) is 5.74. The minimum absolute atomic E-state index is 1.01. The summed E-state index contributed by atoms with van der Waals surface area (Å²) in [4.78, 5) is 0. The molecule has 0 bridgehead atoms. The van der Waals surface area contributed by atoms with Gasteiger partial charge in [-0.05, 0) is 44.6 Å². The van der Waals surface area contributed by atoms with Gasteiger partial charge in [0.15, 0.2) is 0 Å². The van der Waals surface area contributed by atoms with Crippen LogP contribution in [0.2, 0.25) is 0 Å². The number of aromatic nitrogens is 2. The average Bonchev–Trinajstić information content (AvgIpc) is 2.79. The quantitative estimate of drug-likeness (QED) is 0.832. The molecule has 0 aliphatic rings. The number of hydrogen-bond donors (Lipinski definition) is 2. The van der Waals surface area contributed by atoms with E-state index >= 15 is 0 Å². The lowest BCUT2D eigenvalue weighted by Gasteiger charge is -1.96. The summed E-state index contributed by atoms with van der Waals surface area (Å²) in [6.45, 7) is 1.03.